The van der Waals surface area contributed by atoms with Crippen LogP contribution < -0.4 is 16.4 Å². The van der Waals surface area contributed by atoms with Crippen molar-refractivity contribution < 1.29 is 9.59 Å². The zero-order valence-electron chi connectivity index (χ0n) is 12.8. The van der Waals surface area contributed by atoms with E-state index in [1.54, 1.807) is 10.9 Å². The van der Waals surface area contributed by atoms with E-state index in [4.69, 9.17) is 5.73 Å². The van der Waals surface area contributed by atoms with Gasteiger partial charge in [0, 0.05) is 19.5 Å². The highest BCUT2D eigenvalue weighted by Crippen LogP contribution is 2.15. The maximum atomic E-state index is 12.1. The minimum absolute atomic E-state index is 0.120. The third kappa shape index (κ3) is 3.08. The van der Waals surface area contributed by atoms with Gasteiger partial charge in [0.25, 0.3) is 0 Å². The molecule has 0 aliphatic carbocycles. The lowest BCUT2D eigenvalue weighted by Crippen LogP contribution is -2.54. The first-order chi connectivity index (χ1) is 11.1. The summed E-state index contributed by atoms with van der Waals surface area (Å²) in [4.78, 5) is 36.1. The third-order valence-electron chi connectivity index (χ3n) is 4.08. The van der Waals surface area contributed by atoms with Gasteiger partial charge in [-0.1, -0.05) is 6.92 Å². The first kappa shape index (κ1) is 15.2. The number of carbonyl (C=O) groups excluding carboxylic acids is 2. The van der Waals surface area contributed by atoms with Gasteiger partial charge in [0.05, 0.1) is 6.33 Å². The fourth-order valence-electron chi connectivity index (χ4n) is 2.70. The molecule has 23 heavy (non-hydrogen) atoms. The minimum Gasteiger partial charge on any atom is -0.382 e. The van der Waals surface area contributed by atoms with Crippen molar-refractivity contribution >= 4 is 28.8 Å². The molecule has 0 saturated carbocycles. The van der Waals surface area contributed by atoms with Gasteiger partial charge in [-0.05, 0) is 12.3 Å². The molecule has 0 aromatic carbocycles. The number of nitrogens with two attached hydrogens (primary N) is 1. The van der Waals surface area contributed by atoms with Crippen LogP contribution in [0.15, 0.2) is 12.7 Å². The molecular weight excluding hydrogens is 298 g/mol. The summed E-state index contributed by atoms with van der Waals surface area (Å²) in [5.41, 5.74) is 6.84. The summed E-state index contributed by atoms with van der Waals surface area (Å²) in [5, 5.41) is 5.57. The van der Waals surface area contributed by atoms with Crippen molar-refractivity contribution in [3.8, 4) is 0 Å². The fourth-order valence-corrected chi connectivity index (χ4v) is 2.70. The summed E-state index contributed by atoms with van der Waals surface area (Å²) in [7, 11) is 0. The van der Waals surface area contributed by atoms with Crippen LogP contribution in [-0.2, 0) is 16.1 Å². The molecule has 2 aromatic rings. The van der Waals surface area contributed by atoms with E-state index in [0.717, 1.165) is 6.42 Å². The van der Waals surface area contributed by atoms with Crippen molar-refractivity contribution in [3.05, 3.63) is 12.7 Å². The molecule has 122 valence electrons. The molecule has 4 N–H and O–H groups in total. The van der Waals surface area contributed by atoms with Crippen molar-refractivity contribution in [2.24, 2.45) is 5.92 Å². The molecule has 0 spiro atoms. The zero-order valence-corrected chi connectivity index (χ0v) is 12.8. The maximum Gasteiger partial charge on any atom is 0.242 e. The smallest absolute Gasteiger partial charge is 0.242 e. The van der Waals surface area contributed by atoms with Crippen molar-refractivity contribution in [2.45, 2.75) is 32.4 Å². The van der Waals surface area contributed by atoms with Crippen molar-refractivity contribution in [2.75, 3.05) is 12.3 Å². The molecule has 3 rings (SSSR count). The van der Waals surface area contributed by atoms with Gasteiger partial charge in [-0.15, -0.1) is 0 Å². The first-order valence-electron chi connectivity index (χ1n) is 7.54. The summed E-state index contributed by atoms with van der Waals surface area (Å²) >= 11 is 0. The summed E-state index contributed by atoms with van der Waals surface area (Å²) in [5.74, 6) is 0.147. The molecule has 1 fully saturated rings. The standard InChI is InChI=1S/C14H19N7O2/c1-8-2-4-16-14(23)10(8)20-9(22)3-5-21-7-19-11-12(15)17-6-18-13(11)21/h6-8,10H,2-5H2,1H3,(H,16,23)(H,20,22)(H2,15,17,18). The zero-order chi connectivity index (χ0) is 16.4. The van der Waals surface area contributed by atoms with Crippen LogP contribution in [0.1, 0.15) is 19.8 Å². The van der Waals surface area contributed by atoms with E-state index in [9.17, 15) is 9.59 Å². The lowest BCUT2D eigenvalue weighted by atomic mass is 9.94. The average Bonchev–Trinajstić information content (AvgIpc) is 2.94. The van der Waals surface area contributed by atoms with Crippen molar-refractivity contribution in [3.63, 3.8) is 0 Å². The molecule has 3 heterocycles. The number of rotatable bonds is 4. The second-order valence-electron chi connectivity index (χ2n) is 5.72. The van der Waals surface area contributed by atoms with E-state index in [0.29, 0.717) is 30.1 Å². The first-order valence-corrected chi connectivity index (χ1v) is 7.54. The van der Waals surface area contributed by atoms with Gasteiger partial charge in [0.15, 0.2) is 11.5 Å². The number of nitrogens with zero attached hydrogens (tertiary/aromatic N) is 4. The van der Waals surface area contributed by atoms with Crippen molar-refractivity contribution in [1.29, 1.82) is 0 Å². The third-order valence-corrected chi connectivity index (χ3v) is 4.08. The van der Waals surface area contributed by atoms with Gasteiger partial charge in [0.1, 0.15) is 17.9 Å². The molecule has 1 saturated heterocycles. The van der Waals surface area contributed by atoms with Crippen molar-refractivity contribution in [1.82, 2.24) is 30.2 Å². The predicted molar refractivity (Wildman–Crippen MR) is 83.1 cm³/mol. The van der Waals surface area contributed by atoms with E-state index in [-0.39, 0.29) is 24.2 Å². The Labute approximate surface area is 132 Å². The number of hydrogen-bond acceptors (Lipinski definition) is 6. The number of aryl methyl sites for hydroxylation is 1. The molecule has 1 aliphatic rings. The Bertz CT molecular complexity index is 742. The summed E-state index contributed by atoms with van der Waals surface area (Å²) < 4.78 is 1.75. The molecule has 2 aromatic heterocycles. The molecule has 9 nitrogen and oxygen atoms in total. The molecule has 0 radical (unpaired) electrons. The number of piperidine rings is 1. The molecule has 0 bridgehead atoms. The Hall–Kier alpha value is -2.71. The van der Waals surface area contributed by atoms with Gasteiger partial charge < -0.3 is 20.9 Å². The number of anilines is 1. The van der Waals surface area contributed by atoms with Gasteiger partial charge in [-0.2, -0.15) is 0 Å². The Morgan fingerprint density at radius 1 is 1.48 bits per heavy atom. The number of nitrogen functional groups attached to an aromatic ring is 1. The van der Waals surface area contributed by atoms with E-state index < -0.39 is 6.04 Å². The molecule has 2 amide bonds. The minimum atomic E-state index is -0.464. The Kier molecular flexibility index (Phi) is 4.09. The van der Waals surface area contributed by atoms with Crippen LogP contribution in [0, 0.1) is 5.92 Å². The molecule has 2 unspecified atom stereocenters. The van der Waals surface area contributed by atoms with E-state index in [1.807, 2.05) is 6.92 Å². The number of fused-ring (bicyclic) bond motifs is 1. The van der Waals surface area contributed by atoms with E-state index in [2.05, 4.69) is 25.6 Å². The normalized spacial score (nSPS) is 21.2. The van der Waals surface area contributed by atoms with Crippen LogP contribution in [0.5, 0.6) is 0 Å². The topological polar surface area (TPSA) is 128 Å². The second-order valence-corrected chi connectivity index (χ2v) is 5.72. The number of amides is 2. The number of carbonyl (C=O) groups is 2. The summed E-state index contributed by atoms with van der Waals surface area (Å²) in [6.45, 7) is 3.03. The monoisotopic (exact) mass is 317 g/mol. The maximum absolute atomic E-state index is 12.1. The Balaban J connectivity index is 1.62. The fraction of sp³-hybridized carbons (Fsp3) is 0.500. The number of imidazole rings is 1. The van der Waals surface area contributed by atoms with Crippen LogP contribution in [0.25, 0.3) is 11.2 Å². The largest absolute Gasteiger partial charge is 0.382 e. The number of hydrogen-bond donors (Lipinski definition) is 3. The highest BCUT2D eigenvalue weighted by Gasteiger charge is 2.29. The number of nitrogens with one attached hydrogen (secondary N) is 2. The van der Waals surface area contributed by atoms with Gasteiger partial charge in [-0.25, -0.2) is 15.0 Å². The van der Waals surface area contributed by atoms with E-state index in [1.165, 1.54) is 6.33 Å². The van der Waals surface area contributed by atoms with Crippen LogP contribution in [-0.4, -0.2) is 43.9 Å². The summed E-state index contributed by atoms with van der Waals surface area (Å²) in [6.07, 6.45) is 4.04. The quantitative estimate of drug-likeness (QED) is 0.693. The van der Waals surface area contributed by atoms with Gasteiger partial charge >= 0.3 is 0 Å². The second kappa shape index (κ2) is 6.19. The predicted octanol–water partition coefficient (Wildman–Crippen LogP) is -0.561. The van der Waals surface area contributed by atoms with Crippen LogP contribution in [0.2, 0.25) is 0 Å². The van der Waals surface area contributed by atoms with Gasteiger partial charge in [-0.3, -0.25) is 9.59 Å². The number of aromatic nitrogens is 4. The lowest BCUT2D eigenvalue weighted by Gasteiger charge is -2.29. The average molecular weight is 317 g/mol. The highest BCUT2D eigenvalue weighted by molar-refractivity contribution is 5.88. The summed E-state index contributed by atoms with van der Waals surface area (Å²) in [6, 6.07) is -0.464. The Morgan fingerprint density at radius 2 is 2.30 bits per heavy atom. The molecular formula is C14H19N7O2. The molecule has 1 aliphatic heterocycles. The SMILES string of the molecule is CC1CCNC(=O)C1NC(=O)CCn1cnc2c(N)ncnc21. The van der Waals surface area contributed by atoms with Crippen LogP contribution >= 0.6 is 0 Å². The van der Waals surface area contributed by atoms with Crippen LogP contribution in [0.3, 0.4) is 0 Å². The highest BCUT2D eigenvalue weighted by atomic mass is 16.2. The molecule has 2 atom stereocenters. The molecule has 9 heteroatoms. The van der Waals surface area contributed by atoms with Gasteiger partial charge in [0.2, 0.25) is 11.8 Å². The van der Waals surface area contributed by atoms with Crippen LogP contribution in [0.4, 0.5) is 5.82 Å². The Morgan fingerprint density at radius 3 is 3.09 bits per heavy atom. The van der Waals surface area contributed by atoms with E-state index >= 15 is 0 Å². The lowest BCUT2D eigenvalue weighted by molar-refractivity contribution is -0.131.